The van der Waals surface area contributed by atoms with Crippen molar-refractivity contribution in [2.45, 2.75) is 37.8 Å². The molecule has 3 aromatic rings. The lowest BCUT2D eigenvalue weighted by Gasteiger charge is -2.29. The van der Waals surface area contributed by atoms with Crippen LogP contribution in [0.25, 0.3) is 0 Å². The van der Waals surface area contributed by atoms with E-state index in [-0.39, 0.29) is 22.7 Å². The highest BCUT2D eigenvalue weighted by Crippen LogP contribution is 2.25. The van der Waals surface area contributed by atoms with Gasteiger partial charge in [0.25, 0.3) is 0 Å². The molecule has 0 aliphatic heterocycles. The Morgan fingerprint density at radius 2 is 1.68 bits per heavy atom. The average Bonchev–Trinajstić information content (AvgIpc) is 2.83. The van der Waals surface area contributed by atoms with Crippen LogP contribution in [0.15, 0.2) is 77.7 Å². The van der Waals surface area contributed by atoms with Gasteiger partial charge in [0.2, 0.25) is 0 Å². The topological polar surface area (TPSA) is 84.9 Å². The van der Waals surface area contributed by atoms with Crippen LogP contribution < -0.4 is 14.2 Å². The number of anilines is 1. The Hall–Kier alpha value is -3.59. The van der Waals surface area contributed by atoms with E-state index in [2.05, 4.69) is 5.32 Å². The highest BCUT2D eigenvalue weighted by molar-refractivity contribution is 7.87. The van der Waals surface area contributed by atoms with Gasteiger partial charge in [0.15, 0.2) is 0 Å². The second-order valence-electron chi connectivity index (χ2n) is 7.65. The van der Waals surface area contributed by atoms with Crippen LogP contribution in [0.2, 0.25) is 0 Å². The maximum absolute atomic E-state index is 13.1. The number of benzene rings is 3. The van der Waals surface area contributed by atoms with Crippen LogP contribution in [0.4, 0.5) is 14.9 Å². The number of halogens is 1. The van der Waals surface area contributed by atoms with Crippen molar-refractivity contribution < 1.29 is 26.5 Å². The van der Waals surface area contributed by atoms with Gasteiger partial charge in [0, 0.05) is 12.6 Å². The Labute approximate surface area is 199 Å². The summed E-state index contributed by atoms with van der Waals surface area (Å²) < 4.78 is 48.3. The minimum Gasteiger partial charge on any atom is -0.495 e. The van der Waals surface area contributed by atoms with Crippen molar-refractivity contribution >= 4 is 21.8 Å². The van der Waals surface area contributed by atoms with Crippen LogP contribution in [-0.4, -0.2) is 32.5 Å². The van der Waals surface area contributed by atoms with Crippen LogP contribution in [-0.2, 0) is 16.7 Å². The van der Waals surface area contributed by atoms with Gasteiger partial charge in [-0.2, -0.15) is 8.42 Å². The SMILES string of the molecule is CCC(C)N(Cc1ccc(OS(=O)(=O)c2ccc(F)cc2)cc1)C(=O)Nc1ccccc1OC. The largest absolute Gasteiger partial charge is 0.495 e. The molecule has 1 N–H and O–H groups in total. The number of carbonyl (C=O) groups is 1. The van der Waals surface area contributed by atoms with Gasteiger partial charge in [-0.05, 0) is 67.4 Å². The number of rotatable bonds is 9. The lowest BCUT2D eigenvalue weighted by atomic mass is 10.1. The first-order chi connectivity index (χ1) is 16.2. The number of carbonyl (C=O) groups excluding carboxylic acids is 1. The summed E-state index contributed by atoms with van der Waals surface area (Å²) in [5.74, 6) is 0.134. The third-order valence-corrected chi connectivity index (χ3v) is 6.58. The minimum atomic E-state index is -4.09. The number of methoxy groups -OCH3 is 1. The molecule has 34 heavy (non-hydrogen) atoms. The van der Waals surface area contributed by atoms with Gasteiger partial charge in [-0.25, -0.2) is 9.18 Å². The van der Waals surface area contributed by atoms with E-state index >= 15 is 0 Å². The maximum Gasteiger partial charge on any atom is 0.339 e. The number of hydrogen-bond donors (Lipinski definition) is 1. The first-order valence-electron chi connectivity index (χ1n) is 10.7. The number of ether oxygens (including phenoxy) is 1. The third kappa shape index (κ3) is 6.26. The zero-order chi connectivity index (χ0) is 24.7. The molecular weight excluding hydrogens is 459 g/mol. The van der Waals surface area contributed by atoms with Crippen molar-refractivity contribution in [1.29, 1.82) is 0 Å². The fraction of sp³-hybridized carbons (Fsp3) is 0.240. The van der Waals surface area contributed by atoms with E-state index in [4.69, 9.17) is 8.92 Å². The van der Waals surface area contributed by atoms with Crippen LogP contribution in [0.3, 0.4) is 0 Å². The Morgan fingerprint density at radius 3 is 2.29 bits per heavy atom. The lowest BCUT2D eigenvalue weighted by Crippen LogP contribution is -2.40. The summed E-state index contributed by atoms with van der Waals surface area (Å²) in [5.41, 5.74) is 1.36. The Kier molecular flexibility index (Phi) is 8.12. The first-order valence-corrected chi connectivity index (χ1v) is 12.1. The zero-order valence-corrected chi connectivity index (χ0v) is 20.0. The second kappa shape index (κ2) is 11.0. The van der Waals surface area contributed by atoms with Gasteiger partial charge in [-0.3, -0.25) is 0 Å². The molecule has 0 spiro atoms. The molecule has 0 bridgehead atoms. The van der Waals surface area contributed by atoms with Crippen molar-refractivity contribution in [3.05, 3.63) is 84.2 Å². The quantitative estimate of drug-likeness (QED) is 0.408. The molecule has 0 aliphatic rings. The van der Waals surface area contributed by atoms with Crippen LogP contribution in [0.5, 0.6) is 11.5 Å². The summed E-state index contributed by atoms with van der Waals surface area (Å²) in [6, 6.07) is 17.6. The predicted octanol–water partition coefficient (Wildman–Crippen LogP) is 5.43. The minimum absolute atomic E-state index is 0.0514. The smallest absolute Gasteiger partial charge is 0.339 e. The van der Waals surface area contributed by atoms with E-state index < -0.39 is 15.9 Å². The number of nitrogens with one attached hydrogen (secondary N) is 1. The highest BCUT2D eigenvalue weighted by atomic mass is 32.2. The Balaban J connectivity index is 1.72. The number of amides is 2. The van der Waals surface area contributed by atoms with E-state index in [9.17, 15) is 17.6 Å². The molecule has 0 fully saturated rings. The molecule has 0 aromatic heterocycles. The maximum atomic E-state index is 13.1. The van der Waals surface area contributed by atoms with Gasteiger partial charge in [0.05, 0.1) is 12.8 Å². The summed E-state index contributed by atoms with van der Waals surface area (Å²) >= 11 is 0. The number of nitrogens with zero attached hydrogens (tertiary/aromatic N) is 1. The first kappa shape index (κ1) is 25.0. The summed E-state index contributed by atoms with van der Waals surface area (Å²) in [6.45, 7) is 4.25. The van der Waals surface area contributed by atoms with Crippen molar-refractivity contribution in [3.63, 3.8) is 0 Å². The molecule has 0 radical (unpaired) electrons. The summed E-state index contributed by atoms with van der Waals surface area (Å²) in [4.78, 5) is 14.6. The second-order valence-corrected chi connectivity index (χ2v) is 9.20. The molecular formula is C25H27FN2O5S. The van der Waals surface area contributed by atoms with Gasteiger partial charge < -0.3 is 19.1 Å². The van der Waals surface area contributed by atoms with Gasteiger partial charge in [-0.1, -0.05) is 31.2 Å². The normalized spacial score (nSPS) is 12.0. The predicted molar refractivity (Wildman–Crippen MR) is 128 cm³/mol. The molecule has 7 nitrogen and oxygen atoms in total. The van der Waals surface area contributed by atoms with Crippen LogP contribution in [0, 0.1) is 5.82 Å². The molecule has 0 saturated carbocycles. The molecule has 2 amide bonds. The van der Waals surface area contributed by atoms with E-state index in [0.29, 0.717) is 18.0 Å². The fourth-order valence-electron chi connectivity index (χ4n) is 3.21. The standard InChI is InChI=1S/C25H27FN2O5S/c1-4-18(2)28(25(29)27-23-7-5-6-8-24(23)32-3)17-19-9-13-21(14-10-19)33-34(30,31)22-15-11-20(26)12-16-22/h5-16,18H,4,17H2,1-3H3,(H,27,29). The van der Waals surface area contributed by atoms with Crippen LogP contribution in [0.1, 0.15) is 25.8 Å². The fourth-order valence-corrected chi connectivity index (χ4v) is 4.14. The van der Waals surface area contributed by atoms with Gasteiger partial charge >= 0.3 is 16.1 Å². The number of urea groups is 1. The van der Waals surface area contributed by atoms with E-state index in [1.807, 2.05) is 26.0 Å². The molecule has 3 rings (SSSR count). The Morgan fingerprint density at radius 1 is 1.03 bits per heavy atom. The van der Waals surface area contributed by atoms with Crippen molar-refractivity contribution in [2.24, 2.45) is 0 Å². The highest BCUT2D eigenvalue weighted by Gasteiger charge is 2.21. The molecule has 3 aromatic carbocycles. The molecule has 1 unspecified atom stereocenters. The molecule has 0 aliphatic carbocycles. The van der Waals surface area contributed by atoms with E-state index in [1.165, 1.54) is 19.2 Å². The van der Waals surface area contributed by atoms with Crippen molar-refractivity contribution in [3.8, 4) is 11.5 Å². The molecule has 1 atom stereocenters. The molecule has 180 valence electrons. The zero-order valence-electron chi connectivity index (χ0n) is 19.2. The number of hydrogen-bond acceptors (Lipinski definition) is 5. The van der Waals surface area contributed by atoms with Gasteiger partial charge in [0.1, 0.15) is 22.2 Å². The lowest BCUT2D eigenvalue weighted by molar-refractivity contribution is 0.187. The Bertz CT molecular complexity index is 1210. The monoisotopic (exact) mass is 486 g/mol. The van der Waals surface area contributed by atoms with E-state index in [0.717, 1.165) is 36.2 Å². The summed E-state index contributed by atoms with van der Waals surface area (Å²) in [7, 11) is -2.55. The summed E-state index contributed by atoms with van der Waals surface area (Å²) in [6.07, 6.45) is 0.746. The average molecular weight is 487 g/mol. The number of para-hydroxylation sites is 2. The molecule has 9 heteroatoms. The third-order valence-electron chi connectivity index (χ3n) is 5.32. The summed E-state index contributed by atoms with van der Waals surface area (Å²) in [5, 5.41) is 2.89. The molecule has 0 saturated heterocycles. The van der Waals surface area contributed by atoms with Crippen molar-refractivity contribution in [2.75, 3.05) is 12.4 Å². The van der Waals surface area contributed by atoms with E-state index in [1.54, 1.807) is 29.2 Å². The molecule has 0 heterocycles. The van der Waals surface area contributed by atoms with Gasteiger partial charge in [-0.15, -0.1) is 0 Å². The van der Waals surface area contributed by atoms with Crippen LogP contribution >= 0.6 is 0 Å². The van der Waals surface area contributed by atoms with Crippen molar-refractivity contribution in [1.82, 2.24) is 4.90 Å².